The van der Waals surface area contributed by atoms with E-state index in [1.54, 1.807) is 6.07 Å². The zero-order valence-electron chi connectivity index (χ0n) is 13.1. The number of aromatic nitrogens is 2. The van der Waals surface area contributed by atoms with Gasteiger partial charge in [0, 0.05) is 24.2 Å². The maximum atomic E-state index is 13.6. The van der Waals surface area contributed by atoms with Gasteiger partial charge >= 0.3 is 0 Å². The first-order valence-corrected chi connectivity index (χ1v) is 8.12. The largest absolute Gasteiger partial charge is 0.385 e. The number of alkyl halides is 1. The molecule has 0 bridgehead atoms. The van der Waals surface area contributed by atoms with Crippen molar-refractivity contribution in [3.8, 4) is 0 Å². The van der Waals surface area contributed by atoms with Gasteiger partial charge in [-0.15, -0.1) is 0 Å². The van der Waals surface area contributed by atoms with E-state index in [0.29, 0.717) is 42.6 Å². The molecular weight excluding hydrogens is 314 g/mol. The first kappa shape index (κ1) is 15.1. The SMILES string of the molecule is Nc1c2c(nn1C(=O)[C@H]1CCNc3ccc(F)cc31)CC[C@@H](F)C2. The summed E-state index contributed by atoms with van der Waals surface area (Å²) in [6.45, 7) is 0.614. The number of nitrogen functional groups attached to an aromatic ring is 1. The molecular formula is C17H18F2N4O. The number of fused-ring (bicyclic) bond motifs is 2. The van der Waals surface area contributed by atoms with E-state index in [1.807, 2.05) is 0 Å². The van der Waals surface area contributed by atoms with Crippen LogP contribution in [0.2, 0.25) is 0 Å². The smallest absolute Gasteiger partial charge is 0.256 e. The number of nitrogens with two attached hydrogens (primary N) is 1. The van der Waals surface area contributed by atoms with Crippen LogP contribution in [0, 0.1) is 5.82 Å². The van der Waals surface area contributed by atoms with E-state index < -0.39 is 12.1 Å². The van der Waals surface area contributed by atoms with Crippen molar-refractivity contribution in [3.63, 3.8) is 0 Å². The van der Waals surface area contributed by atoms with Crippen molar-refractivity contribution in [1.82, 2.24) is 9.78 Å². The lowest BCUT2D eigenvalue weighted by molar-refractivity contribution is 0.0859. The summed E-state index contributed by atoms with van der Waals surface area (Å²) in [5, 5.41) is 7.48. The molecule has 2 heterocycles. The van der Waals surface area contributed by atoms with Crippen LogP contribution in [0.3, 0.4) is 0 Å². The lowest BCUT2D eigenvalue weighted by Crippen LogP contribution is -2.28. The second-order valence-electron chi connectivity index (χ2n) is 6.40. The molecule has 0 amide bonds. The second kappa shape index (κ2) is 5.58. The van der Waals surface area contributed by atoms with Crippen LogP contribution in [0.1, 0.15) is 40.4 Å². The van der Waals surface area contributed by atoms with Crippen LogP contribution in [0.5, 0.6) is 0 Å². The Morgan fingerprint density at radius 2 is 2.21 bits per heavy atom. The van der Waals surface area contributed by atoms with Crippen molar-refractivity contribution in [2.75, 3.05) is 17.6 Å². The highest BCUT2D eigenvalue weighted by Crippen LogP contribution is 2.35. The molecule has 1 aliphatic heterocycles. The lowest BCUT2D eigenvalue weighted by atomic mass is 9.90. The van der Waals surface area contributed by atoms with Crippen LogP contribution in [0.4, 0.5) is 20.3 Å². The standard InChI is InChI=1S/C17H18F2N4O/c18-9-1-3-14-12(7-9)11(5-6-21-14)17(24)23-16(20)13-8-10(19)2-4-15(13)22-23/h1,3,7,10-11,21H,2,4-6,8,20H2/t10-,11+/m1/s1. The first-order valence-electron chi connectivity index (χ1n) is 8.12. The summed E-state index contributed by atoms with van der Waals surface area (Å²) >= 11 is 0. The fourth-order valence-electron chi connectivity index (χ4n) is 3.61. The topological polar surface area (TPSA) is 72.9 Å². The van der Waals surface area contributed by atoms with Crippen LogP contribution < -0.4 is 11.1 Å². The minimum atomic E-state index is -0.943. The number of nitrogens with zero attached hydrogens (tertiary/aromatic N) is 2. The van der Waals surface area contributed by atoms with Gasteiger partial charge in [0.15, 0.2) is 0 Å². The van der Waals surface area contributed by atoms with Crippen molar-refractivity contribution in [2.45, 2.75) is 37.8 Å². The molecule has 0 radical (unpaired) electrons. The van der Waals surface area contributed by atoms with E-state index in [4.69, 9.17) is 5.73 Å². The third kappa shape index (κ3) is 2.35. The molecule has 2 aromatic rings. The molecule has 4 rings (SSSR count). The van der Waals surface area contributed by atoms with E-state index in [-0.39, 0.29) is 24.0 Å². The fraction of sp³-hybridized carbons (Fsp3) is 0.412. The summed E-state index contributed by atoms with van der Waals surface area (Å²) in [7, 11) is 0. The van der Waals surface area contributed by atoms with E-state index in [0.717, 1.165) is 5.69 Å². The predicted octanol–water partition coefficient (Wildman–Crippen LogP) is 2.67. The maximum absolute atomic E-state index is 13.6. The Hall–Kier alpha value is -2.44. The molecule has 1 aromatic heterocycles. The minimum absolute atomic E-state index is 0.200. The highest BCUT2D eigenvalue weighted by atomic mass is 19.1. The summed E-state index contributed by atoms with van der Waals surface area (Å²) in [6.07, 6.45) is 0.676. The van der Waals surface area contributed by atoms with Gasteiger partial charge in [-0.05, 0) is 43.0 Å². The van der Waals surface area contributed by atoms with Gasteiger partial charge in [-0.25, -0.2) is 8.78 Å². The number of halogens is 2. The zero-order chi connectivity index (χ0) is 16.8. The van der Waals surface area contributed by atoms with Gasteiger partial charge in [0.2, 0.25) is 0 Å². The van der Waals surface area contributed by atoms with Gasteiger partial charge in [-0.2, -0.15) is 9.78 Å². The molecule has 3 N–H and O–H groups in total. The molecule has 0 unspecified atom stereocenters. The van der Waals surface area contributed by atoms with Gasteiger partial charge in [0.05, 0.1) is 11.6 Å². The van der Waals surface area contributed by atoms with Gasteiger partial charge in [-0.1, -0.05) is 0 Å². The molecule has 1 aromatic carbocycles. The summed E-state index contributed by atoms with van der Waals surface area (Å²) in [5.41, 5.74) is 8.76. The Morgan fingerprint density at radius 3 is 3.04 bits per heavy atom. The lowest BCUT2D eigenvalue weighted by Gasteiger charge is -2.25. The Bertz CT molecular complexity index is 817. The number of carbonyl (C=O) groups excluding carboxylic acids is 1. The number of carbonyl (C=O) groups is 1. The van der Waals surface area contributed by atoms with E-state index in [2.05, 4.69) is 10.4 Å². The number of anilines is 2. The molecule has 2 aliphatic rings. The summed E-state index contributed by atoms with van der Waals surface area (Å²) < 4.78 is 28.4. The molecule has 126 valence electrons. The van der Waals surface area contributed by atoms with Crippen LogP contribution in [0.25, 0.3) is 0 Å². The molecule has 2 atom stereocenters. The monoisotopic (exact) mass is 332 g/mol. The van der Waals surface area contributed by atoms with Crippen molar-refractivity contribution in [3.05, 3.63) is 40.8 Å². The molecule has 0 saturated heterocycles. The number of hydrogen-bond acceptors (Lipinski definition) is 4. The van der Waals surface area contributed by atoms with Gasteiger partial charge in [-0.3, -0.25) is 4.79 Å². The maximum Gasteiger partial charge on any atom is 0.256 e. The highest BCUT2D eigenvalue weighted by Gasteiger charge is 2.32. The van der Waals surface area contributed by atoms with E-state index >= 15 is 0 Å². The number of aryl methyl sites for hydroxylation is 1. The van der Waals surface area contributed by atoms with Gasteiger partial charge in [0.25, 0.3) is 5.91 Å². The Labute approximate surface area is 137 Å². The van der Waals surface area contributed by atoms with Crippen LogP contribution in [-0.2, 0) is 12.8 Å². The second-order valence-corrected chi connectivity index (χ2v) is 6.40. The first-order chi connectivity index (χ1) is 11.5. The van der Waals surface area contributed by atoms with E-state index in [1.165, 1.54) is 16.8 Å². The van der Waals surface area contributed by atoms with Crippen LogP contribution in [0.15, 0.2) is 18.2 Å². The zero-order valence-corrected chi connectivity index (χ0v) is 13.1. The molecule has 0 saturated carbocycles. The number of hydrogen-bond donors (Lipinski definition) is 2. The average Bonchev–Trinajstić information content (AvgIpc) is 2.90. The molecule has 24 heavy (non-hydrogen) atoms. The Kier molecular flexibility index (Phi) is 3.51. The van der Waals surface area contributed by atoms with Crippen LogP contribution in [-0.4, -0.2) is 28.4 Å². The quantitative estimate of drug-likeness (QED) is 0.842. The Morgan fingerprint density at radius 1 is 1.38 bits per heavy atom. The predicted molar refractivity (Wildman–Crippen MR) is 86.4 cm³/mol. The summed E-state index contributed by atoms with van der Waals surface area (Å²) in [6, 6.07) is 4.37. The van der Waals surface area contributed by atoms with E-state index in [9.17, 15) is 13.6 Å². The Balaban J connectivity index is 1.72. The number of rotatable bonds is 1. The number of nitrogens with one attached hydrogen (secondary N) is 1. The van der Waals surface area contributed by atoms with Gasteiger partial charge in [0.1, 0.15) is 17.8 Å². The minimum Gasteiger partial charge on any atom is -0.385 e. The normalized spacial score (nSPS) is 22.4. The molecule has 1 aliphatic carbocycles. The van der Waals surface area contributed by atoms with Crippen LogP contribution >= 0.6 is 0 Å². The third-order valence-electron chi connectivity index (χ3n) is 4.87. The fourth-order valence-corrected chi connectivity index (χ4v) is 3.61. The third-order valence-corrected chi connectivity index (χ3v) is 4.87. The van der Waals surface area contributed by atoms with Gasteiger partial charge < -0.3 is 11.1 Å². The molecule has 7 heteroatoms. The number of benzene rings is 1. The van der Waals surface area contributed by atoms with Crippen molar-refractivity contribution in [2.24, 2.45) is 0 Å². The highest BCUT2D eigenvalue weighted by molar-refractivity contribution is 5.90. The average molecular weight is 332 g/mol. The molecule has 5 nitrogen and oxygen atoms in total. The molecule has 0 spiro atoms. The van der Waals surface area contributed by atoms with Crippen molar-refractivity contribution >= 4 is 17.4 Å². The van der Waals surface area contributed by atoms with Crippen molar-refractivity contribution in [1.29, 1.82) is 0 Å². The van der Waals surface area contributed by atoms with Crippen molar-refractivity contribution < 1.29 is 13.6 Å². The molecule has 0 fully saturated rings. The summed E-state index contributed by atoms with van der Waals surface area (Å²) in [4.78, 5) is 13.0. The summed E-state index contributed by atoms with van der Waals surface area (Å²) in [5.74, 6) is -0.968.